The topological polar surface area (TPSA) is 95.0 Å². The molecule has 9 heteroatoms. The maximum atomic E-state index is 12.5. The normalized spacial score (nSPS) is 16.7. The number of hydrogen-bond acceptors (Lipinski definition) is 7. The second kappa shape index (κ2) is 6.66. The molecule has 1 aromatic carbocycles. The maximum Gasteiger partial charge on any atom is 0.332 e. The van der Waals surface area contributed by atoms with Gasteiger partial charge < -0.3 is 20.1 Å². The van der Waals surface area contributed by atoms with E-state index in [1.165, 1.54) is 11.6 Å². The predicted octanol–water partition coefficient (Wildman–Crippen LogP) is -0.283. The van der Waals surface area contributed by atoms with Crippen molar-refractivity contribution in [3.05, 3.63) is 44.6 Å². The largest absolute Gasteiger partial charge is 0.454 e. The van der Waals surface area contributed by atoms with Crippen LogP contribution in [0, 0.1) is 0 Å². The number of piperazine rings is 1. The van der Waals surface area contributed by atoms with Gasteiger partial charge in [-0.15, -0.1) is 0 Å². The SMILES string of the molecule is Cn1c(N)c(N2CCN(Cc3ccc4c(c3)OCO4)CC2)c(=O)n(C)c1=O. The van der Waals surface area contributed by atoms with E-state index in [4.69, 9.17) is 15.2 Å². The minimum Gasteiger partial charge on any atom is -0.454 e. The first-order chi connectivity index (χ1) is 13.0. The lowest BCUT2D eigenvalue weighted by molar-refractivity contribution is 0.174. The minimum atomic E-state index is -0.414. The summed E-state index contributed by atoms with van der Waals surface area (Å²) in [5.74, 6) is 1.78. The highest BCUT2D eigenvalue weighted by Crippen LogP contribution is 2.33. The van der Waals surface area contributed by atoms with Crippen LogP contribution in [0.1, 0.15) is 5.56 Å². The van der Waals surface area contributed by atoms with E-state index in [2.05, 4.69) is 4.90 Å². The van der Waals surface area contributed by atoms with Gasteiger partial charge in [-0.3, -0.25) is 18.8 Å². The molecular formula is C18H23N5O4. The van der Waals surface area contributed by atoms with Gasteiger partial charge in [-0.2, -0.15) is 0 Å². The molecule has 0 radical (unpaired) electrons. The van der Waals surface area contributed by atoms with Gasteiger partial charge in [0.05, 0.1) is 0 Å². The van der Waals surface area contributed by atoms with Crippen molar-refractivity contribution in [1.82, 2.24) is 14.0 Å². The highest BCUT2D eigenvalue weighted by Gasteiger charge is 2.24. The van der Waals surface area contributed by atoms with Gasteiger partial charge in [0, 0.05) is 46.8 Å². The average Bonchev–Trinajstić information content (AvgIpc) is 3.14. The molecular weight excluding hydrogens is 350 g/mol. The third-order valence-electron chi connectivity index (χ3n) is 5.22. The summed E-state index contributed by atoms with van der Waals surface area (Å²) >= 11 is 0. The number of ether oxygens (including phenoxy) is 2. The molecule has 4 rings (SSSR count). The number of fused-ring (bicyclic) bond motifs is 1. The number of nitrogens with two attached hydrogens (primary N) is 1. The molecule has 1 fully saturated rings. The lowest BCUT2D eigenvalue weighted by Crippen LogP contribution is -2.50. The molecule has 0 atom stereocenters. The zero-order chi connectivity index (χ0) is 19.1. The molecule has 0 spiro atoms. The Morgan fingerprint density at radius 2 is 1.70 bits per heavy atom. The van der Waals surface area contributed by atoms with Crippen molar-refractivity contribution in [2.45, 2.75) is 6.54 Å². The Hall–Kier alpha value is -2.94. The third-order valence-corrected chi connectivity index (χ3v) is 5.22. The molecule has 2 N–H and O–H groups in total. The Bertz CT molecular complexity index is 988. The lowest BCUT2D eigenvalue weighted by atomic mass is 10.1. The number of rotatable bonds is 3. The number of hydrogen-bond donors (Lipinski definition) is 1. The maximum absolute atomic E-state index is 12.5. The quantitative estimate of drug-likeness (QED) is 0.790. The standard InChI is InChI=1S/C18H23N5O4/c1-20-16(19)15(17(24)21(2)18(20)25)23-7-5-22(6-8-23)10-12-3-4-13-14(9-12)27-11-26-13/h3-4,9H,5-8,10-11,19H2,1-2H3. The molecule has 1 aromatic heterocycles. The van der Waals surface area contributed by atoms with Crippen LogP contribution in [0.4, 0.5) is 11.5 Å². The number of nitrogens with zero attached hydrogens (tertiary/aromatic N) is 4. The van der Waals surface area contributed by atoms with Crippen LogP contribution in [0.5, 0.6) is 11.5 Å². The van der Waals surface area contributed by atoms with E-state index in [0.717, 1.165) is 41.3 Å². The zero-order valence-electron chi connectivity index (χ0n) is 15.5. The molecule has 9 nitrogen and oxygen atoms in total. The van der Waals surface area contributed by atoms with Gasteiger partial charge in [0.15, 0.2) is 11.5 Å². The third kappa shape index (κ3) is 3.03. The summed E-state index contributed by atoms with van der Waals surface area (Å²) in [6.45, 7) is 3.99. The van der Waals surface area contributed by atoms with Gasteiger partial charge in [-0.25, -0.2) is 4.79 Å². The molecule has 2 aromatic rings. The summed E-state index contributed by atoms with van der Waals surface area (Å²) in [4.78, 5) is 28.8. The van der Waals surface area contributed by atoms with Gasteiger partial charge in [-0.05, 0) is 17.7 Å². The number of benzene rings is 1. The minimum absolute atomic E-state index is 0.215. The monoisotopic (exact) mass is 373 g/mol. The molecule has 2 aliphatic rings. The Morgan fingerprint density at radius 3 is 2.44 bits per heavy atom. The van der Waals surface area contributed by atoms with Crippen LogP contribution in [-0.4, -0.2) is 47.0 Å². The van der Waals surface area contributed by atoms with Crippen LogP contribution in [0.3, 0.4) is 0 Å². The molecule has 0 amide bonds. The summed E-state index contributed by atoms with van der Waals surface area (Å²) in [7, 11) is 3.06. The first-order valence-corrected chi connectivity index (χ1v) is 8.87. The molecule has 0 unspecified atom stereocenters. The van der Waals surface area contributed by atoms with Gasteiger partial charge in [0.2, 0.25) is 6.79 Å². The molecule has 2 aliphatic heterocycles. The van der Waals surface area contributed by atoms with Crippen molar-refractivity contribution in [2.24, 2.45) is 14.1 Å². The van der Waals surface area contributed by atoms with E-state index in [1.54, 1.807) is 7.05 Å². The van der Waals surface area contributed by atoms with E-state index in [9.17, 15) is 9.59 Å². The predicted molar refractivity (Wildman–Crippen MR) is 101 cm³/mol. The molecule has 1 saturated heterocycles. The van der Waals surface area contributed by atoms with Crippen LogP contribution in [0.2, 0.25) is 0 Å². The highest BCUT2D eigenvalue weighted by atomic mass is 16.7. The first-order valence-electron chi connectivity index (χ1n) is 8.87. The fraction of sp³-hybridized carbons (Fsp3) is 0.444. The van der Waals surface area contributed by atoms with Crippen molar-refractivity contribution in [3.8, 4) is 11.5 Å². The molecule has 144 valence electrons. The highest BCUT2D eigenvalue weighted by molar-refractivity contribution is 5.62. The van der Waals surface area contributed by atoms with Gasteiger partial charge in [0.25, 0.3) is 5.56 Å². The van der Waals surface area contributed by atoms with Crippen molar-refractivity contribution in [2.75, 3.05) is 43.6 Å². The van der Waals surface area contributed by atoms with Gasteiger partial charge >= 0.3 is 5.69 Å². The first kappa shape index (κ1) is 17.5. The molecule has 0 saturated carbocycles. The van der Waals surface area contributed by atoms with Crippen molar-refractivity contribution in [3.63, 3.8) is 0 Å². The Labute approximate surface area is 156 Å². The van der Waals surface area contributed by atoms with Crippen molar-refractivity contribution < 1.29 is 9.47 Å². The number of aromatic nitrogens is 2. The fourth-order valence-corrected chi connectivity index (χ4v) is 3.57. The Balaban J connectivity index is 1.47. The van der Waals surface area contributed by atoms with Crippen LogP contribution < -0.4 is 31.4 Å². The van der Waals surface area contributed by atoms with Crippen molar-refractivity contribution >= 4 is 11.5 Å². The average molecular weight is 373 g/mol. The van der Waals surface area contributed by atoms with E-state index < -0.39 is 5.69 Å². The smallest absolute Gasteiger partial charge is 0.332 e. The molecule has 0 aliphatic carbocycles. The van der Waals surface area contributed by atoms with E-state index in [0.29, 0.717) is 18.8 Å². The van der Waals surface area contributed by atoms with Crippen molar-refractivity contribution in [1.29, 1.82) is 0 Å². The van der Waals surface area contributed by atoms with Gasteiger partial charge in [-0.1, -0.05) is 6.07 Å². The van der Waals surface area contributed by atoms with Crippen LogP contribution in [-0.2, 0) is 20.6 Å². The number of anilines is 2. The number of nitrogen functional groups attached to an aromatic ring is 1. The summed E-state index contributed by atoms with van der Waals surface area (Å²) in [6, 6.07) is 5.98. The van der Waals surface area contributed by atoms with E-state index >= 15 is 0 Å². The lowest BCUT2D eigenvalue weighted by Gasteiger charge is -2.36. The second-order valence-electron chi connectivity index (χ2n) is 6.89. The second-order valence-corrected chi connectivity index (χ2v) is 6.89. The Kier molecular flexibility index (Phi) is 4.31. The molecule has 3 heterocycles. The summed E-state index contributed by atoms with van der Waals surface area (Å²) in [5.41, 5.74) is 6.86. The molecule has 0 bridgehead atoms. The van der Waals surface area contributed by atoms with Gasteiger partial charge in [0.1, 0.15) is 11.5 Å². The summed E-state index contributed by atoms with van der Waals surface area (Å²) < 4.78 is 13.2. The Morgan fingerprint density at radius 1 is 1.00 bits per heavy atom. The summed E-state index contributed by atoms with van der Waals surface area (Å²) in [6.07, 6.45) is 0. The van der Waals surface area contributed by atoms with Crippen LogP contribution in [0.15, 0.2) is 27.8 Å². The molecule has 27 heavy (non-hydrogen) atoms. The van der Waals surface area contributed by atoms with Crippen LogP contribution >= 0.6 is 0 Å². The van der Waals surface area contributed by atoms with Crippen LogP contribution in [0.25, 0.3) is 0 Å². The zero-order valence-corrected chi connectivity index (χ0v) is 15.5. The fourth-order valence-electron chi connectivity index (χ4n) is 3.57. The van der Waals surface area contributed by atoms with E-state index in [-0.39, 0.29) is 18.2 Å². The summed E-state index contributed by atoms with van der Waals surface area (Å²) in [5, 5.41) is 0. The van der Waals surface area contributed by atoms with E-state index in [1.807, 2.05) is 23.1 Å².